The van der Waals surface area contributed by atoms with Crippen molar-refractivity contribution >= 4 is 11.9 Å². The van der Waals surface area contributed by atoms with Gasteiger partial charge in [-0.1, -0.05) is 13.0 Å². The Balaban J connectivity index is 2.13. The molecule has 5 heteroatoms. The molecule has 116 valence electrons. The molecule has 0 saturated heterocycles. The first-order valence-electron chi connectivity index (χ1n) is 7.09. The van der Waals surface area contributed by atoms with Crippen LogP contribution in [0.5, 0.6) is 11.5 Å². The first-order chi connectivity index (χ1) is 10.7. The summed E-state index contributed by atoms with van der Waals surface area (Å²) in [6, 6.07) is 11.6. The molecule has 2 rings (SSSR count). The molecule has 0 unspecified atom stereocenters. The van der Waals surface area contributed by atoms with Crippen molar-refractivity contribution in [2.24, 2.45) is 5.10 Å². The van der Waals surface area contributed by atoms with E-state index in [9.17, 15) is 4.39 Å². The summed E-state index contributed by atoms with van der Waals surface area (Å²) < 4.78 is 23.9. The normalized spacial score (nSPS) is 10.7. The molecule has 0 saturated carbocycles. The summed E-state index contributed by atoms with van der Waals surface area (Å²) >= 11 is 0. The van der Waals surface area contributed by atoms with Crippen LogP contribution < -0.4 is 14.9 Å². The maximum Gasteiger partial charge on any atom is 0.169 e. The van der Waals surface area contributed by atoms with Gasteiger partial charge in [0.05, 0.1) is 25.6 Å². The fourth-order valence-electron chi connectivity index (χ4n) is 1.85. The van der Waals surface area contributed by atoms with Crippen LogP contribution in [-0.2, 0) is 0 Å². The van der Waals surface area contributed by atoms with E-state index >= 15 is 0 Å². The van der Waals surface area contributed by atoms with E-state index < -0.39 is 0 Å². The van der Waals surface area contributed by atoms with Crippen LogP contribution in [0.3, 0.4) is 0 Å². The highest BCUT2D eigenvalue weighted by atomic mass is 19.1. The smallest absolute Gasteiger partial charge is 0.169 e. The van der Waals surface area contributed by atoms with Gasteiger partial charge in [0, 0.05) is 5.56 Å². The van der Waals surface area contributed by atoms with Crippen molar-refractivity contribution in [2.45, 2.75) is 13.3 Å². The van der Waals surface area contributed by atoms with Crippen LogP contribution in [0.2, 0.25) is 0 Å². The van der Waals surface area contributed by atoms with Crippen molar-refractivity contribution in [3.05, 3.63) is 53.8 Å². The van der Waals surface area contributed by atoms with Crippen LogP contribution in [0.1, 0.15) is 18.9 Å². The third-order valence-electron chi connectivity index (χ3n) is 2.92. The number of hydrazone groups is 1. The number of halogens is 1. The predicted molar refractivity (Wildman–Crippen MR) is 86.4 cm³/mol. The fraction of sp³-hybridized carbons (Fsp3) is 0.235. The van der Waals surface area contributed by atoms with Gasteiger partial charge >= 0.3 is 0 Å². The number of benzene rings is 2. The molecule has 0 aliphatic carbocycles. The molecule has 0 aliphatic rings. The van der Waals surface area contributed by atoms with Gasteiger partial charge in [-0.05, 0) is 42.8 Å². The maximum absolute atomic E-state index is 12.8. The Bertz CT molecular complexity index is 627. The Morgan fingerprint density at radius 1 is 1.18 bits per heavy atom. The van der Waals surface area contributed by atoms with Gasteiger partial charge in [0.2, 0.25) is 0 Å². The summed E-state index contributed by atoms with van der Waals surface area (Å²) in [5.41, 5.74) is 4.36. The number of ether oxygens (including phenoxy) is 2. The molecule has 4 nitrogen and oxygen atoms in total. The van der Waals surface area contributed by atoms with E-state index in [1.165, 1.54) is 12.1 Å². The third kappa shape index (κ3) is 4.22. The Labute approximate surface area is 129 Å². The Kier molecular flexibility index (Phi) is 5.77. The summed E-state index contributed by atoms with van der Waals surface area (Å²) in [5, 5.41) is 4.15. The molecule has 0 fully saturated rings. The molecule has 2 aromatic carbocycles. The summed E-state index contributed by atoms with van der Waals surface area (Å²) in [4.78, 5) is 0. The lowest BCUT2D eigenvalue weighted by atomic mass is 10.2. The van der Waals surface area contributed by atoms with Gasteiger partial charge < -0.3 is 9.47 Å². The van der Waals surface area contributed by atoms with Crippen LogP contribution in [0, 0.1) is 5.82 Å². The number of hydrogen-bond donors (Lipinski definition) is 1. The van der Waals surface area contributed by atoms with Gasteiger partial charge in [-0.15, -0.1) is 0 Å². The number of methoxy groups -OCH3 is 1. The molecule has 2 aromatic rings. The third-order valence-corrected chi connectivity index (χ3v) is 2.92. The summed E-state index contributed by atoms with van der Waals surface area (Å²) in [5.74, 6) is 1.05. The number of hydrogen-bond acceptors (Lipinski definition) is 4. The van der Waals surface area contributed by atoms with E-state index in [0.29, 0.717) is 23.8 Å². The molecular formula is C17H19FN2O2. The average Bonchev–Trinajstić information content (AvgIpc) is 2.55. The molecule has 0 atom stereocenters. The van der Waals surface area contributed by atoms with Crippen LogP contribution >= 0.6 is 0 Å². The van der Waals surface area contributed by atoms with E-state index in [0.717, 1.165) is 12.0 Å². The second kappa shape index (κ2) is 8.02. The Morgan fingerprint density at radius 3 is 2.64 bits per heavy atom. The number of rotatable bonds is 7. The quantitative estimate of drug-likeness (QED) is 0.619. The molecule has 0 aromatic heterocycles. The lowest BCUT2D eigenvalue weighted by molar-refractivity contribution is 0.294. The molecule has 0 heterocycles. The molecular weight excluding hydrogens is 283 g/mol. The Morgan fingerprint density at radius 2 is 1.95 bits per heavy atom. The van der Waals surface area contributed by atoms with Crippen molar-refractivity contribution in [2.75, 3.05) is 19.1 Å². The molecule has 0 amide bonds. The minimum absolute atomic E-state index is 0.280. The highest BCUT2D eigenvalue weighted by Gasteiger charge is 2.08. The maximum atomic E-state index is 12.8. The molecule has 0 spiro atoms. The van der Waals surface area contributed by atoms with Gasteiger partial charge in [-0.25, -0.2) is 4.39 Å². The van der Waals surface area contributed by atoms with Crippen molar-refractivity contribution in [1.29, 1.82) is 0 Å². The zero-order valence-electron chi connectivity index (χ0n) is 12.7. The van der Waals surface area contributed by atoms with E-state index in [1.54, 1.807) is 25.5 Å². The number of anilines is 1. The molecule has 0 radical (unpaired) electrons. The van der Waals surface area contributed by atoms with Crippen LogP contribution in [0.4, 0.5) is 10.1 Å². The highest BCUT2D eigenvalue weighted by Crippen LogP contribution is 2.30. The van der Waals surface area contributed by atoms with Crippen LogP contribution in [0.15, 0.2) is 47.6 Å². The average molecular weight is 302 g/mol. The van der Waals surface area contributed by atoms with Gasteiger partial charge in [0.1, 0.15) is 5.82 Å². The van der Waals surface area contributed by atoms with Gasteiger partial charge in [-0.2, -0.15) is 5.10 Å². The topological polar surface area (TPSA) is 42.8 Å². The zero-order chi connectivity index (χ0) is 15.8. The van der Waals surface area contributed by atoms with Crippen molar-refractivity contribution in [1.82, 2.24) is 0 Å². The first kappa shape index (κ1) is 15.8. The van der Waals surface area contributed by atoms with E-state index in [-0.39, 0.29) is 5.82 Å². The number of para-hydroxylation sites is 1. The largest absolute Gasteiger partial charge is 0.493 e. The van der Waals surface area contributed by atoms with Crippen molar-refractivity contribution in [3.8, 4) is 11.5 Å². The zero-order valence-corrected chi connectivity index (χ0v) is 12.7. The molecule has 1 N–H and O–H groups in total. The molecule has 22 heavy (non-hydrogen) atoms. The lowest BCUT2D eigenvalue weighted by Crippen LogP contribution is -2.01. The number of nitrogens with one attached hydrogen (secondary N) is 1. The lowest BCUT2D eigenvalue weighted by Gasteiger charge is -2.12. The summed E-state index contributed by atoms with van der Waals surface area (Å²) in [7, 11) is 1.60. The van der Waals surface area contributed by atoms with Crippen LogP contribution in [0.25, 0.3) is 0 Å². The SMILES string of the molecule is CCCOc1c(/C=N/Nc2ccc(F)cc2)cccc1OC. The standard InChI is InChI=1S/C17H19FN2O2/c1-3-11-22-17-13(5-4-6-16(17)21-2)12-19-20-15-9-7-14(18)8-10-15/h4-10,12,20H,3,11H2,1-2H3/b19-12+. The minimum atomic E-state index is -0.280. The summed E-state index contributed by atoms with van der Waals surface area (Å²) in [6.45, 7) is 2.64. The monoisotopic (exact) mass is 302 g/mol. The second-order valence-electron chi connectivity index (χ2n) is 4.60. The second-order valence-corrected chi connectivity index (χ2v) is 4.60. The first-order valence-corrected chi connectivity index (χ1v) is 7.09. The highest BCUT2D eigenvalue weighted by molar-refractivity contribution is 5.85. The molecule has 0 aliphatic heterocycles. The fourth-order valence-corrected chi connectivity index (χ4v) is 1.85. The Hall–Kier alpha value is -2.56. The van der Waals surface area contributed by atoms with Crippen molar-refractivity contribution in [3.63, 3.8) is 0 Å². The minimum Gasteiger partial charge on any atom is -0.493 e. The summed E-state index contributed by atoms with van der Waals surface area (Å²) in [6.07, 6.45) is 2.55. The van der Waals surface area contributed by atoms with E-state index in [2.05, 4.69) is 10.5 Å². The van der Waals surface area contributed by atoms with Gasteiger partial charge in [-0.3, -0.25) is 5.43 Å². The van der Waals surface area contributed by atoms with Crippen LogP contribution in [-0.4, -0.2) is 19.9 Å². The van der Waals surface area contributed by atoms with E-state index in [4.69, 9.17) is 9.47 Å². The predicted octanol–water partition coefficient (Wildman–Crippen LogP) is 4.07. The number of nitrogens with zero attached hydrogens (tertiary/aromatic N) is 1. The van der Waals surface area contributed by atoms with Gasteiger partial charge in [0.25, 0.3) is 0 Å². The van der Waals surface area contributed by atoms with Crippen molar-refractivity contribution < 1.29 is 13.9 Å². The molecule has 0 bridgehead atoms. The van der Waals surface area contributed by atoms with E-state index in [1.807, 2.05) is 25.1 Å². The van der Waals surface area contributed by atoms with Gasteiger partial charge in [0.15, 0.2) is 11.5 Å².